The Labute approximate surface area is 401 Å². The summed E-state index contributed by atoms with van der Waals surface area (Å²) in [5.41, 5.74) is 4.60. The van der Waals surface area contributed by atoms with Gasteiger partial charge in [-0.1, -0.05) is 30.7 Å². The molecule has 4 N–H and O–H groups in total. The third kappa shape index (κ3) is 14.2. The number of piperidine rings is 1. The number of amides is 5. The Morgan fingerprint density at radius 3 is 2.38 bits per heavy atom. The molecule has 2 aromatic heterocycles. The van der Waals surface area contributed by atoms with Crippen molar-refractivity contribution in [1.82, 2.24) is 40.3 Å². The van der Waals surface area contributed by atoms with Crippen LogP contribution in [0.4, 0.5) is 11.4 Å². The van der Waals surface area contributed by atoms with E-state index in [2.05, 4.69) is 41.4 Å². The predicted molar refractivity (Wildman–Crippen MR) is 255 cm³/mol. The van der Waals surface area contributed by atoms with E-state index in [1.54, 1.807) is 36.5 Å². The highest BCUT2D eigenvalue weighted by Gasteiger charge is 2.40. The van der Waals surface area contributed by atoms with Crippen LogP contribution in [0.25, 0.3) is 11.5 Å². The first kappa shape index (κ1) is 49.8. The van der Waals surface area contributed by atoms with Gasteiger partial charge in [0.2, 0.25) is 17.7 Å². The van der Waals surface area contributed by atoms with Crippen LogP contribution < -0.4 is 26.0 Å². The Morgan fingerprint density at radius 2 is 1.59 bits per heavy atom. The van der Waals surface area contributed by atoms with E-state index in [1.807, 2.05) is 61.0 Å². The number of nitrogens with one attached hydrogen (secondary N) is 4. The van der Waals surface area contributed by atoms with Crippen molar-refractivity contribution in [1.29, 1.82) is 0 Å². The fourth-order valence-electron chi connectivity index (χ4n) is 7.99. The molecule has 19 nitrogen and oxygen atoms in total. The van der Waals surface area contributed by atoms with E-state index in [9.17, 15) is 24.0 Å². The maximum Gasteiger partial charge on any atom is 0.255 e. The molecular formula is C50H60N10O9. The molecule has 0 radical (unpaired) electrons. The standard InChI is InChI=1S/C50H60N10O9/c1-34(54-48(63)36-12-7-13-37(29-36)52-31-44-57-58-47(59(44)2)42-20-21-51-33-53-42)35-11-8-14-38(30-35)69-24-6-4-3-5-22-66-25-27-68-28-26-67-23-10-17-45(61)55-41-16-9-15-39-40(41)32-60(50(39)65)43-18-19-46(62)56-49(43)64/h7-9,11-16,20-21,29-30,33-34,43,52H,3-6,10,17-19,22-28,31-32H2,1-2H3,(H,54,63)(H,55,61)(H,56,62,64)/t34-,43?/m1/s1. The van der Waals surface area contributed by atoms with E-state index in [-0.39, 0.29) is 55.5 Å². The van der Waals surface area contributed by atoms with E-state index in [1.165, 1.54) is 11.2 Å². The number of anilines is 2. The van der Waals surface area contributed by atoms with Gasteiger partial charge in [0, 0.05) is 73.9 Å². The number of nitrogens with zero attached hydrogens (tertiary/aromatic N) is 6. The van der Waals surface area contributed by atoms with Gasteiger partial charge >= 0.3 is 0 Å². The van der Waals surface area contributed by atoms with Gasteiger partial charge < -0.3 is 44.4 Å². The highest BCUT2D eigenvalue weighted by molar-refractivity contribution is 6.06. The lowest BCUT2D eigenvalue weighted by atomic mass is 10.0. The third-order valence-electron chi connectivity index (χ3n) is 11.8. The summed E-state index contributed by atoms with van der Waals surface area (Å²) in [4.78, 5) is 72.6. The molecule has 5 aromatic rings. The van der Waals surface area contributed by atoms with Crippen molar-refractivity contribution in [2.24, 2.45) is 7.05 Å². The predicted octanol–water partition coefficient (Wildman–Crippen LogP) is 5.54. The lowest BCUT2D eigenvalue weighted by molar-refractivity contribution is -0.137. The molecule has 1 fully saturated rings. The SMILES string of the molecule is C[C@@H](NC(=O)c1cccc(NCc2nnc(-c3ccncn3)n2C)c1)c1cccc(OCCCCCCOCCOCCOCCCC(=O)Nc2cccc3c2CN(C2CCC(=O)NC2=O)C3=O)c1. The zero-order valence-corrected chi connectivity index (χ0v) is 39.1. The molecule has 19 heteroatoms. The van der Waals surface area contributed by atoms with E-state index in [0.29, 0.717) is 93.1 Å². The van der Waals surface area contributed by atoms with Gasteiger partial charge in [0.25, 0.3) is 11.8 Å². The van der Waals surface area contributed by atoms with Crippen molar-refractivity contribution in [3.63, 3.8) is 0 Å². The van der Waals surface area contributed by atoms with Crippen LogP contribution in [-0.4, -0.2) is 111 Å². The molecule has 1 saturated heterocycles. The molecular weight excluding hydrogens is 885 g/mol. The number of ether oxygens (including phenoxy) is 4. The van der Waals surface area contributed by atoms with Crippen LogP contribution in [0, 0.1) is 0 Å². The first-order valence-electron chi connectivity index (χ1n) is 23.5. The molecule has 7 rings (SSSR count). The Hall–Kier alpha value is -7.09. The molecule has 364 valence electrons. The summed E-state index contributed by atoms with van der Waals surface area (Å²) in [5, 5.41) is 20.2. The number of hydrogen-bond donors (Lipinski definition) is 4. The Bertz CT molecular complexity index is 2540. The number of carbonyl (C=O) groups excluding carboxylic acids is 5. The number of aromatic nitrogens is 5. The molecule has 1 unspecified atom stereocenters. The zero-order chi connectivity index (χ0) is 48.4. The molecule has 0 bridgehead atoms. The van der Waals surface area contributed by atoms with Crippen LogP contribution in [0.3, 0.4) is 0 Å². The lowest BCUT2D eigenvalue weighted by Gasteiger charge is -2.29. The van der Waals surface area contributed by atoms with Gasteiger partial charge in [-0.15, -0.1) is 10.2 Å². The van der Waals surface area contributed by atoms with E-state index < -0.39 is 11.9 Å². The summed E-state index contributed by atoms with van der Waals surface area (Å²) in [5.74, 6) is 0.641. The van der Waals surface area contributed by atoms with Crippen molar-refractivity contribution >= 4 is 40.9 Å². The van der Waals surface area contributed by atoms with E-state index in [0.717, 1.165) is 48.5 Å². The van der Waals surface area contributed by atoms with E-state index >= 15 is 0 Å². The normalized spacial score (nSPS) is 14.8. The van der Waals surface area contributed by atoms with Crippen LogP contribution in [0.15, 0.2) is 85.3 Å². The van der Waals surface area contributed by atoms with Gasteiger partial charge in [-0.2, -0.15) is 0 Å². The third-order valence-corrected chi connectivity index (χ3v) is 11.8. The fraction of sp³-hybridized carbons (Fsp3) is 0.420. The van der Waals surface area contributed by atoms with Gasteiger partial charge in [0.05, 0.1) is 45.6 Å². The number of hydrogen-bond acceptors (Lipinski definition) is 14. The van der Waals surface area contributed by atoms with Crippen molar-refractivity contribution in [2.45, 2.75) is 83.5 Å². The van der Waals surface area contributed by atoms with Crippen LogP contribution in [-0.2, 0) is 48.7 Å². The highest BCUT2D eigenvalue weighted by atomic mass is 16.5. The maximum atomic E-state index is 13.3. The molecule has 69 heavy (non-hydrogen) atoms. The summed E-state index contributed by atoms with van der Waals surface area (Å²) in [6.45, 7) is 6.00. The smallest absolute Gasteiger partial charge is 0.255 e. The topological polar surface area (TPSA) is 230 Å². The molecule has 0 spiro atoms. The van der Waals surface area contributed by atoms with Gasteiger partial charge in [0.15, 0.2) is 11.6 Å². The first-order chi connectivity index (χ1) is 33.6. The summed E-state index contributed by atoms with van der Waals surface area (Å²) in [6, 6.07) is 21.1. The summed E-state index contributed by atoms with van der Waals surface area (Å²) >= 11 is 0. The fourth-order valence-corrected chi connectivity index (χ4v) is 7.99. The molecule has 2 atom stereocenters. The maximum absolute atomic E-state index is 13.3. The summed E-state index contributed by atoms with van der Waals surface area (Å²) in [7, 11) is 1.88. The second kappa shape index (κ2) is 25.3. The van der Waals surface area contributed by atoms with Gasteiger partial charge in [-0.05, 0) is 93.1 Å². The molecule has 5 amide bonds. The minimum Gasteiger partial charge on any atom is -0.494 e. The summed E-state index contributed by atoms with van der Waals surface area (Å²) < 4.78 is 24.9. The molecule has 4 heterocycles. The van der Waals surface area contributed by atoms with Crippen LogP contribution in [0.5, 0.6) is 5.75 Å². The average Bonchev–Trinajstić information content (AvgIpc) is 3.90. The Balaban J connectivity index is 0.675. The van der Waals surface area contributed by atoms with Crippen LogP contribution in [0.1, 0.15) is 102 Å². The minimum atomic E-state index is -0.717. The Kier molecular flexibility index (Phi) is 18.3. The molecule has 2 aliphatic rings. The number of carbonyl (C=O) groups is 5. The molecule has 3 aromatic carbocycles. The quantitative estimate of drug-likeness (QED) is 0.0374. The number of unbranched alkanes of at least 4 members (excludes halogenated alkanes) is 3. The monoisotopic (exact) mass is 944 g/mol. The number of rotatable bonds is 27. The van der Waals surface area contributed by atoms with Crippen molar-refractivity contribution in [3.05, 3.63) is 113 Å². The largest absolute Gasteiger partial charge is 0.494 e. The Morgan fingerprint density at radius 1 is 0.841 bits per heavy atom. The number of fused-ring (bicyclic) bond motifs is 1. The minimum absolute atomic E-state index is 0.177. The zero-order valence-electron chi connectivity index (χ0n) is 39.1. The lowest BCUT2D eigenvalue weighted by Crippen LogP contribution is -2.52. The summed E-state index contributed by atoms with van der Waals surface area (Å²) in [6.07, 6.45) is 8.25. The van der Waals surface area contributed by atoms with Crippen LogP contribution in [0.2, 0.25) is 0 Å². The second-order valence-corrected chi connectivity index (χ2v) is 16.8. The second-order valence-electron chi connectivity index (χ2n) is 16.8. The van der Waals surface area contributed by atoms with Crippen molar-refractivity contribution < 1.29 is 42.9 Å². The molecule has 0 saturated carbocycles. The van der Waals surface area contributed by atoms with Crippen LogP contribution >= 0.6 is 0 Å². The molecule has 0 aliphatic carbocycles. The number of benzene rings is 3. The van der Waals surface area contributed by atoms with Gasteiger partial charge in [0.1, 0.15) is 23.8 Å². The number of imide groups is 1. The van der Waals surface area contributed by atoms with Gasteiger partial charge in [-0.3, -0.25) is 29.3 Å². The van der Waals surface area contributed by atoms with E-state index in [4.69, 9.17) is 18.9 Å². The van der Waals surface area contributed by atoms with Crippen molar-refractivity contribution in [3.8, 4) is 17.3 Å². The van der Waals surface area contributed by atoms with Crippen molar-refractivity contribution in [2.75, 3.05) is 56.9 Å². The average molecular weight is 945 g/mol. The van der Waals surface area contributed by atoms with Gasteiger partial charge in [-0.25, -0.2) is 9.97 Å². The highest BCUT2D eigenvalue weighted by Crippen LogP contribution is 2.32. The molecule has 2 aliphatic heterocycles. The first-order valence-corrected chi connectivity index (χ1v) is 23.5.